The Kier molecular flexibility index (Phi) is 0.931. The Hall–Kier alpha value is -0.0800. The fourth-order valence-electron chi connectivity index (χ4n) is 6.78. The third-order valence-electron chi connectivity index (χ3n) is 6.85. The normalized spacial score (nSPS) is 79.3. The average molecular weight is 192 g/mol. The lowest BCUT2D eigenvalue weighted by atomic mass is 9.09. The van der Waals surface area contributed by atoms with Crippen LogP contribution in [0.3, 0.4) is 0 Å². The summed E-state index contributed by atoms with van der Waals surface area (Å²) in [7, 11) is 0. The molecule has 6 rings (SSSR count). The topological polar surface area (TPSA) is 40.5 Å². The highest BCUT2D eigenvalue weighted by Crippen LogP contribution is 2.93. The summed E-state index contributed by atoms with van der Waals surface area (Å²) < 4.78 is 0. The van der Waals surface area contributed by atoms with Crippen molar-refractivity contribution in [1.29, 1.82) is 0 Å². The van der Waals surface area contributed by atoms with Crippen molar-refractivity contribution in [3.8, 4) is 0 Å². The van der Waals surface area contributed by atoms with E-state index in [1.807, 2.05) is 0 Å². The van der Waals surface area contributed by atoms with Gasteiger partial charge in [-0.15, -0.1) is 0 Å². The molecule has 14 heavy (non-hydrogen) atoms. The molecule has 2 N–H and O–H groups in total. The first kappa shape index (κ1) is 7.24. The number of hydrogen-bond donors (Lipinski definition) is 2. The Morgan fingerprint density at radius 1 is 0.500 bits per heavy atom. The Balaban J connectivity index is 1.60. The molecule has 0 aromatic rings. The van der Waals surface area contributed by atoms with Crippen molar-refractivity contribution in [1.82, 2.24) is 0 Å². The van der Waals surface area contributed by atoms with Gasteiger partial charge in [0.1, 0.15) is 0 Å². The van der Waals surface area contributed by atoms with Crippen molar-refractivity contribution in [3.63, 3.8) is 0 Å². The lowest BCUT2D eigenvalue weighted by molar-refractivity contribution is -0.488. The Morgan fingerprint density at radius 2 is 0.786 bits per heavy atom. The zero-order valence-corrected chi connectivity index (χ0v) is 8.08. The molecule has 0 radical (unpaired) electrons. The zero-order chi connectivity index (χ0) is 9.19. The van der Waals surface area contributed by atoms with Crippen LogP contribution >= 0.6 is 0 Å². The zero-order valence-electron chi connectivity index (χ0n) is 8.08. The summed E-state index contributed by atoms with van der Waals surface area (Å²) in [5.74, 6) is 8.77. The van der Waals surface area contributed by atoms with E-state index in [-0.39, 0.29) is 0 Å². The van der Waals surface area contributed by atoms with Gasteiger partial charge in [0.25, 0.3) is 0 Å². The minimum absolute atomic E-state index is 0.330. The molecule has 0 aromatic carbocycles. The van der Waals surface area contributed by atoms with Gasteiger partial charge in [0, 0.05) is 13.2 Å². The van der Waals surface area contributed by atoms with Crippen LogP contribution < -0.4 is 0 Å². The molecule has 6 aliphatic rings. The van der Waals surface area contributed by atoms with Crippen molar-refractivity contribution >= 4 is 0 Å². The van der Waals surface area contributed by atoms with Gasteiger partial charge >= 0.3 is 0 Å². The molecule has 6 fully saturated rings. The number of fused-ring (bicyclic) bond motifs is 1. The Morgan fingerprint density at radius 3 is 1.07 bits per heavy atom. The molecule has 2 heteroatoms. The molecule has 6 saturated carbocycles. The molecular weight excluding hydrogens is 176 g/mol. The molecule has 2 bridgehead atoms. The fourth-order valence-corrected chi connectivity index (χ4v) is 6.78. The van der Waals surface area contributed by atoms with Gasteiger partial charge in [-0.3, -0.25) is 0 Å². The van der Waals surface area contributed by atoms with E-state index in [1.54, 1.807) is 0 Å². The maximum absolute atomic E-state index is 9.45. The highest BCUT2D eigenvalue weighted by molar-refractivity contribution is 5.36. The lowest BCUT2D eigenvalue weighted by Gasteiger charge is -2.95. The molecule has 0 spiro atoms. The van der Waals surface area contributed by atoms with Crippen molar-refractivity contribution < 1.29 is 10.2 Å². The van der Waals surface area contributed by atoms with E-state index in [4.69, 9.17) is 0 Å². The summed E-state index contributed by atoms with van der Waals surface area (Å²) >= 11 is 0. The molecule has 0 saturated heterocycles. The van der Waals surface area contributed by atoms with Crippen LogP contribution in [-0.4, -0.2) is 23.4 Å². The maximum Gasteiger partial charge on any atom is 0.0465 e. The van der Waals surface area contributed by atoms with Gasteiger partial charge in [-0.1, -0.05) is 0 Å². The van der Waals surface area contributed by atoms with Crippen LogP contribution in [0.1, 0.15) is 0 Å². The molecule has 6 aliphatic carbocycles. The number of aliphatic hydroxyl groups is 2. The standard InChI is InChI=1S/C12H16O2/c13-1-3-4(2-14)6-9-7-5(3)8-10(6)12(9)11(7)8/h3-14H,1-2H2. The summed E-state index contributed by atoms with van der Waals surface area (Å²) in [6.07, 6.45) is 0. The highest BCUT2D eigenvalue weighted by Gasteiger charge is 2.90. The minimum atomic E-state index is 0.330. The van der Waals surface area contributed by atoms with E-state index in [9.17, 15) is 10.2 Å². The molecule has 6 atom stereocenters. The first-order valence-corrected chi connectivity index (χ1v) is 6.12. The molecule has 76 valence electrons. The fraction of sp³-hybridized carbons (Fsp3) is 1.00. The second-order valence-electron chi connectivity index (χ2n) is 6.31. The van der Waals surface area contributed by atoms with Crippen LogP contribution in [0, 0.1) is 59.2 Å². The maximum atomic E-state index is 9.45. The second kappa shape index (κ2) is 1.80. The van der Waals surface area contributed by atoms with Crippen molar-refractivity contribution in [2.24, 2.45) is 59.2 Å². The van der Waals surface area contributed by atoms with Gasteiger partial charge in [0.05, 0.1) is 0 Å². The molecule has 2 nitrogen and oxygen atoms in total. The summed E-state index contributed by atoms with van der Waals surface area (Å²) in [6, 6.07) is 0. The molecular formula is C12H16O2. The minimum Gasteiger partial charge on any atom is -0.396 e. The third kappa shape index (κ3) is 0.396. The van der Waals surface area contributed by atoms with Gasteiger partial charge in [-0.25, -0.2) is 0 Å². The first-order valence-electron chi connectivity index (χ1n) is 6.12. The second-order valence-corrected chi connectivity index (χ2v) is 6.31. The molecule has 0 aliphatic heterocycles. The highest BCUT2D eigenvalue weighted by atomic mass is 16.3. The van der Waals surface area contributed by atoms with Crippen LogP contribution in [0.25, 0.3) is 0 Å². The van der Waals surface area contributed by atoms with E-state index in [0.29, 0.717) is 25.0 Å². The van der Waals surface area contributed by atoms with Crippen LogP contribution in [0.5, 0.6) is 0 Å². The number of hydrogen-bond acceptors (Lipinski definition) is 2. The monoisotopic (exact) mass is 192 g/mol. The van der Waals surface area contributed by atoms with Crippen molar-refractivity contribution in [3.05, 3.63) is 0 Å². The summed E-state index contributed by atoms with van der Waals surface area (Å²) in [4.78, 5) is 0. The smallest absolute Gasteiger partial charge is 0.0465 e. The Bertz CT molecular complexity index is 272. The van der Waals surface area contributed by atoms with Crippen LogP contribution in [0.4, 0.5) is 0 Å². The molecule has 0 amide bonds. The molecule has 0 aromatic heterocycles. The lowest BCUT2D eigenvalue weighted by Crippen LogP contribution is -2.92. The predicted octanol–water partition coefficient (Wildman–Crippen LogP) is 0.201. The van der Waals surface area contributed by atoms with Gasteiger partial charge in [-0.05, 0) is 59.2 Å². The SMILES string of the molecule is OCC1C(CO)C2C3C4C1C1C2C3C41. The summed E-state index contributed by atoms with van der Waals surface area (Å²) in [6.45, 7) is 0.659. The van der Waals surface area contributed by atoms with E-state index in [1.165, 1.54) is 0 Å². The molecule has 0 heterocycles. The summed E-state index contributed by atoms with van der Waals surface area (Å²) in [5.41, 5.74) is 0. The molecule has 6 unspecified atom stereocenters. The Labute approximate surface area is 83.3 Å². The van der Waals surface area contributed by atoms with Gasteiger partial charge in [0.2, 0.25) is 0 Å². The van der Waals surface area contributed by atoms with Crippen LogP contribution in [-0.2, 0) is 0 Å². The number of aliphatic hydroxyl groups excluding tert-OH is 2. The van der Waals surface area contributed by atoms with E-state index >= 15 is 0 Å². The van der Waals surface area contributed by atoms with Crippen LogP contribution in [0.2, 0.25) is 0 Å². The summed E-state index contributed by atoms with van der Waals surface area (Å²) in [5, 5.41) is 18.9. The van der Waals surface area contributed by atoms with Crippen molar-refractivity contribution in [2.75, 3.05) is 13.2 Å². The first-order chi connectivity index (χ1) is 6.90. The van der Waals surface area contributed by atoms with E-state index in [0.717, 1.165) is 47.3 Å². The predicted molar refractivity (Wildman–Crippen MR) is 49.1 cm³/mol. The van der Waals surface area contributed by atoms with Gasteiger partial charge in [0.15, 0.2) is 0 Å². The van der Waals surface area contributed by atoms with E-state index < -0.39 is 0 Å². The van der Waals surface area contributed by atoms with Crippen LogP contribution in [0.15, 0.2) is 0 Å². The number of rotatable bonds is 2. The van der Waals surface area contributed by atoms with Crippen molar-refractivity contribution in [2.45, 2.75) is 0 Å². The largest absolute Gasteiger partial charge is 0.396 e. The quantitative estimate of drug-likeness (QED) is 0.656. The van der Waals surface area contributed by atoms with E-state index in [2.05, 4.69) is 0 Å². The third-order valence-corrected chi connectivity index (χ3v) is 6.85. The van der Waals surface area contributed by atoms with Gasteiger partial charge in [-0.2, -0.15) is 0 Å². The van der Waals surface area contributed by atoms with Gasteiger partial charge < -0.3 is 10.2 Å². The average Bonchev–Trinajstić information content (AvgIpc) is 2.17.